The maximum atomic E-state index is 13.8. The Hall–Kier alpha value is -1.21. The Balaban J connectivity index is 1.65. The second-order valence-electron chi connectivity index (χ2n) is 8.45. The zero-order chi connectivity index (χ0) is 22.3. The van der Waals surface area contributed by atoms with Gasteiger partial charge in [0.25, 0.3) is 5.91 Å². The number of carbonyl (C=O) groups is 1. The lowest BCUT2D eigenvalue weighted by molar-refractivity contribution is -0.192. The van der Waals surface area contributed by atoms with Crippen LogP contribution in [0.25, 0.3) is 0 Å². The first-order valence-corrected chi connectivity index (χ1v) is 9.95. The highest BCUT2D eigenvalue weighted by Gasteiger charge is 2.50. The molecule has 2 fully saturated rings. The fraction of sp³-hybridized carbons (Fsp3) is 0.632. The van der Waals surface area contributed by atoms with Crippen molar-refractivity contribution in [2.24, 2.45) is 0 Å². The van der Waals surface area contributed by atoms with Gasteiger partial charge in [-0.3, -0.25) is 4.79 Å². The molecule has 2 aliphatic rings. The molecule has 0 saturated carbocycles. The van der Waals surface area contributed by atoms with E-state index in [9.17, 15) is 13.6 Å². The summed E-state index contributed by atoms with van der Waals surface area (Å²) in [6, 6.07) is 3.46. The maximum Gasteiger partial charge on any atom is 0.250 e. The van der Waals surface area contributed by atoms with E-state index in [1.165, 1.54) is 11.0 Å². The predicted octanol–water partition coefficient (Wildman–Crippen LogP) is 0.159. The van der Waals surface area contributed by atoms with Gasteiger partial charge in [0, 0.05) is 26.2 Å². The molecule has 30 heavy (non-hydrogen) atoms. The van der Waals surface area contributed by atoms with Crippen molar-refractivity contribution in [2.45, 2.75) is 48.3 Å². The van der Waals surface area contributed by atoms with E-state index in [-0.39, 0.29) is 6.54 Å². The van der Waals surface area contributed by atoms with Crippen LogP contribution in [0, 0.1) is 11.6 Å². The number of ether oxygens (including phenoxy) is 1. The topological polar surface area (TPSA) is 32.8 Å². The number of nitrogens with zero attached hydrogens (tertiary/aromatic N) is 2. The normalized spacial score (nSPS) is 23.1. The van der Waals surface area contributed by atoms with Crippen molar-refractivity contribution >= 4 is 45.1 Å². The molecule has 3 rings (SSSR count). The van der Waals surface area contributed by atoms with Gasteiger partial charge < -0.3 is 14.5 Å². The number of hydrogen-bond donors (Lipinski definition) is 0. The smallest absolute Gasteiger partial charge is 0.250 e. The number of likely N-dealkylation sites (tertiary alicyclic amines) is 1. The third-order valence-corrected chi connectivity index (χ3v) is 6.10. The molecule has 0 aliphatic carbocycles. The molecule has 1 spiro atoms. The molecule has 0 bridgehead atoms. The molecular formula is C19H21B5F2N2O2. The first-order valence-electron chi connectivity index (χ1n) is 9.95. The van der Waals surface area contributed by atoms with Gasteiger partial charge >= 0.3 is 0 Å². The van der Waals surface area contributed by atoms with E-state index >= 15 is 0 Å². The van der Waals surface area contributed by atoms with E-state index in [4.69, 9.17) is 44.0 Å². The van der Waals surface area contributed by atoms with Crippen LogP contribution in [0.3, 0.4) is 0 Å². The van der Waals surface area contributed by atoms with Gasteiger partial charge in [0.2, 0.25) is 0 Å². The Morgan fingerprint density at radius 3 is 2.40 bits per heavy atom. The summed E-state index contributed by atoms with van der Waals surface area (Å²) in [7, 11) is 29.2. The van der Waals surface area contributed by atoms with E-state index < -0.39 is 39.7 Å². The molecule has 2 heterocycles. The van der Waals surface area contributed by atoms with Crippen molar-refractivity contribution in [3.05, 3.63) is 35.4 Å². The minimum absolute atomic E-state index is 0.114. The van der Waals surface area contributed by atoms with Crippen molar-refractivity contribution in [1.29, 1.82) is 0 Å². The van der Waals surface area contributed by atoms with Crippen LogP contribution in [0.2, 0.25) is 5.11 Å². The lowest BCUT2D eigenvalue weighted by Gasteiger charge is -2.58. The quantitative estimate of drug-likeness (QED) is 0.659. The average Bonchev–Trinajstić information content (AvgIpc) is 2.66. The van der Waals surface area contributed by atoms with Gasteiger partial charge in [0.05, 0.1) is 44.8 Å². The van der Waals surface area contributed by atoms with Crippen LogP contribution in [0.1, 0.15) is 25.3 Å². The standard InChI is InChI=1S/C19H21B5F2N2O2/c1-12-16(29)28(19(23,24)18(20,21)22)11-17(30-12)5-8-27(9-6-17)7-4-13-10-14(25)2-3-15(13)26/h2-3,10,12H,4-9,11H2,1H3. The molecule has 4 nitrogen and oxygen atoms in total. The summed E-state index contributed by atoms with van der Waals surface area (Å²) >= 11 is 0. The Bertz CT molecular complexity index is 798. The molecule has 1 amide bonds. The average molecular weight is 401 g/mol. The Morgan fingerprint density at radius 1 is 1.17 bits per heavy atom. The minimum Gasteiger partial charge on any atom is -0.360 e. The van der Waals surface area contributed by atoms with E-state index in [0.717, 1.165) is 12.1 Å². The van der Waals surface area contributed by atoms with Gasteiger partial charge in [-0.05, 0) is 55.3 Å². The van der Waals surface area contributed by atoms with Crippen LogP contribution in [0.5, 0.6) is 0 Å². The minimum atomic E-state index is -2.00. The summed E-state index contributed by atoms with van der Waals surface area (Å²) < 4.78 is 33.3. The van der Waals surface area contributed by atoms with Crippen LogP contribution in [0.15, 0.2) is 18.2 Å². The molecule has 148 valence electrons. The van der Waals surface area contributed by atoms with Crippen LogP contribution in [-0.4, -0.2) is 98.2 Å². The second-order valence-corrected chi connectivity index (χ2v) is 8.45. The van der Waals surface area contributed by atoms with Crippen molar-refractivity contribution in [2.75, 3.05) is 26.2 Å². The van der Waals surface area contributed by atoms with Crippen LogP contribution in [-0.2, 0) is 16.0 Å². The van der Waals surface area contributed by atoms with Crippen molar-refractivity contribution in [3.63, 3.8) is 0 Å². The zero-order valence-electron chi connectivity index (χ0n) is 17.1. The Labute approximate surface area is 183 Å². The maximum absolute atomic E-state index is 13.8. The summed E-state index contributed by atoms with van der Waals surface area (Å²) in [5, 5.41) is -3.96. The molecule has 1 aromatic rings. The number of halogens is 2. The third kappa shape index (κ3) is 4.67. The fourth-order valence-corrected chi connectivity index (χ4v) is 4.07. The van der Waals surface area contributed by atoms with Crippen LogP contribution < -0.4 is 0 Å². The highest BCUT2D eigenvalue weighted by molar-refractivity contribution is 6.67. The van der Waals surface area contributed by atoms with E-state index in [0.29, 0.717) is 44.5 Å². The molecule has 10 radical (unpaired) electrons. The van der Waals surface area contributed by atoms with E-state index in [2.05, 4.69) is 4.90 Å². The third-order valence-electron chi connectivity index (χ3n) is 6.10. The van der Waals surface area contributed by atoms with Gasteiger partial charge in [0.15, 0.2) is 0 Å². The highest BCUT2D eigenvalue weighted by Crippen LogP contribution is 2.38. The number of morpholine rings is 1. The van der Waals surface area contributed by atoms with Gasteiger partial charge in [-0.1, -0.05) is 0 Å². The number of rotatable bonds is 5. The summed E-state index contributed by atoms with van der Waals surface area (Å²) in [5.74, 6) is -1.30. The lowest BCUT2D eigenvalue weighted by atomic mass is 9.26. The monoisotopic (exact) mass is 402 g/mol. The molecule has 0 aromatic heterocycles. The fourth-order valence-electron chi connectivity index (χ4n) is 4.07. The van der Waals surface area contributed by atoms with E-state index in [1.54, 1.807) is 6.92 Å². The summed E-state index contributed by atoms with van der Waals surface area (Å²) in [4.78, 5) is 16.0. The Morgan fingerprint density at radius 2 is 1.80 bits per heavy atom. The van der Waals surface area contributed by atoms with Crippen molar-refractivity contribution in [3.8, 4) is 0 Å². The van der Waals surface area contributed by atoms with Gasteiger partial charge in [-0.25, -0.2) is 8.78 Å². The summed E-state index contributed by atoms with van der Waals surface area (Å²) in [5.41, 5.74) is -0.320. The van der Waals surface area contributed by atoms with E-state index in [1.807, 2.05) is 0 Å². The van der Waals surface area contributed by atoms with Gasteiger partial charge in [0.1, 0.15) is 17.7 Å². The molecule has 2 saturated heterocycles. The lowest BCUT2D eigenvalue weighted by Crippen LogP contribution is -2.70. The van der Waals surface area contributed by atoms with Crippen molar-refractivity contribution in [1.82, 2.24) is 9.80 Å². The van der Waals surface area contributed by atoms with Crippen LogP contribution >= 0.6 is 0 Å². The molecule has 1 unspecified atom stereocenters. The largest absolute Gasteiger partial charge is 0.360 e. The number of piperidine rings is 1. The SMILES string of the molecule is [B]C([B])([B])C([B])([B])N1CC2(CCN(CCc3cc(F)ccc3F)CC2)OC(C)C1=O. The summed E-state index contributed by atoms with van der Waals surface area (Å²) in [6.45, 7) is 3.60. The van der Waals surface area contributed by atoms with Crippen molar-refractivity contribution < 1.29 is 18.3 Å². The molecule has 1 aromatic carbocycles. The Kier molecular flexibility index (Phi) is 6.55. The van der Waals surface area contributed by atoms with Crippen LogP contribution in [0.4, 0.5) is 8.78 Å². The molecule has 1 atom stereocenters. The number of hydrogen-bond acceptors (Lipinski definition) is 3. The molecule has 2 aliphatic heterocycles. The predicted molar refractivity (Wildman–Crippen MR) is 115 cm³/mol. The highest BCUT2D eigenvalue weighted by atomic mass is 19.1. The molecular weight excluding hydrogens is 380 g/mol. The zero-order valence-corrected chi connectivity index (χ0v) is 17.1. The first-order chi connectivity index (χ1) is 13.8. The first kappa shape index (κ1) is 23.5. The molecule has 11 heteroatoms. The number of benzene rings is 1. The summed E-state index contributed by atoms with van der Waals surface area (Å²) in [6.07, 6.45) is 0.800. The van der Waals surface area contributed by atoms with Gasteiger partial charge in [-0.15, -0.1) is 5.11 Å². The second kappa shape index (κ2) is 8.38. The number of amides is 1. The van der Waals surface area contributed by atoms with Gasteiger partial charge in [-0.2, -0.15) is 0 Å². The number of carbonyl (C=O) groups excluding carboxylic acids is 1. The molecule has 0 N–H and O–H groups in total.